The van der Waals surface area contributed by atoms with Gasteiger partial charge < -0.3 is 9.30 Å². The van der Waals surface area contributed by atoms with Crippen molar-refractivity contribution in [3.8, 4) is 0 Å². The summed E-state index contributed by atoms with van der Waals surface area (Å²) >= 11 is 3.37. The van der Waals surface area contributed by atoms with Crippen LogP contribution in [-0.4, -0.2) is 21.4 Å². The second kappa shape index (κ2) is 4.62. The zero-order valence-corrected chi connectivity index (χ0v) is 11.7. The van der Waals surface area contributed by atoms with Crippen LogP contribution in [0.15, 0.2) is 47.5 Å². The summed E-state index contributed by atoms with van der Waals surface area (Å²) in [6.45, 7) is 0. The van der Waals surface area contributed by atoms with Gasteiger partial charge in [-0.25, -0.2) is 14.4 Å². The Balaban J connectivity index is 2.12. The summed E-state index contributed by atoms with van der Waals surface area (Å²) in [6.07, 6.45) is 5.40. The molecule has 96 valence electrons. The fraction of sp³-hybridized carbons (Fsp3) is 0.0769. The van der Waals surface area contributed by atoms with Crippen LogP contribution in [0.3, 0.4) is 0 Å². The van der Waals surface area contributed by atoms with Gasteiger partial charge >= 0.3 is 0 Å². The monoisotopic (exact) mass is 320 g/mol. The average molecular weight is 321 g/mol. The van der Waals surface area contributed by atoms with Crippen molar-refractivity contribution in [2.45, 2.75) is 0 Å². The lowest BCUT2D eigenvalue weighted by Gasteiger charge is -2.19. The topological polar surface area (TPSA) is 33.4 Å². The Morgan fingerprint density at radius 2 is 2.00 bits per heavy atom. The summed E-state index contributed by atoms with van der Waals surface area (Å²) < 4.78 is 15.6. The molecule has 3 aromatic rings. The predicted molar refractivity (Wildman–Crippen MR) is 75.2 cm³/mol. The van der Waals surface area contributed by atoms with E-state index in [2.05, 4.69) is 25.9 Å². The number of fused-ring (bicyclic) bond motifs is 1. The largest absolute Gasteiger partial charge is 0.326 e. The highest BCUT2D eigenvalue weighted by Gasteiger charge is 2.12. The zero-order valence-electron chi connectivity index (χ0n) is 10.1. The van der Waals surface area contributed by atoms with Crippen molar-refractivity contribution in [3.63, 3.8) is 0 Å². The summed E-state index contributed by atoms with van der Waals surface area (Å²) in [4.78, 5) is 10.6. The first kappa shape index (κ1) is 12.1. The third-order valence-electron chi connectivity index (χ3n) is 2.86. The fourth-order valence-corrected chi connectivity index (χ4v) is 2.29. The highest BCUT2D eigenvalue weighted by molar-refractivity contribution is 9.10. The molecule has 0 fully saturated rings. The van der Waals surface area contributed by atoms with Gasteiger partial charge in [-0.05, 0) is 40.2 Å². The SMILES string of the molecule is CN(c1ccc(F)cc1)c1nc(Br)cn2ccnc12. The van der Waals surface area contributed by atoms with E-state index < -0.39 is 0 Å². The molecular formula is C13H10BrFN4. The van der Waals surface area contributed by atoms with Gasteiger partial charge in [0.15, 0.2) is 11.5 Å². The molecule has 0 spiro atoms. The van der Waals surface area contributed by atoms with Crippen LogP contribution in [-0.2, 0) is 0 Å². The molecular weight excluding hydrogens is 311 g/mol. The van der Waals surface area contributed by atoms with Gasteiger partial charge in [0.25, 0.3) is 0 Å². The van der Waals surface area contributed by atoms with E-state index in [1.807, 2.05) is 28.7 Å². The third-order valence-corrected chi connectivity index (χ3v) is 3.24. The van der Waals surface area contributed by atoms with E-state index in [0.29, 0.717) is 10.4 Å². The van der Waals surface area contributed by atoms with E-state index in [0.717, 1.165) is 11.3 Å². The Labute approximate surface area is 117 Å². The van der Waals surface area contributed by atoms with Gasteiger partial charge in [0, 0.05) is 31.3 Å². The second-order valence-corrected chi connectivity index (χ2v) is 4.89. The van der Waals surface area contributed by atoms with Gasteiger partial charge in [0.05, 0.1) is 0 Å². The summed E-state index contributed by atoms with van der Waals surface area (Å²) in [5.74, 6) is 0.441. The number of rotatable bonds is 2. The van der Waals surface area contributed by atoms with Crippen LogP contribution < -0.4 is 4.90 Å². The van der Waals surface area contributed by atoms with Crippen molar-refractivity contribution in [3.05, 3.63) is 53.3 Å². The van der Waals surface area contributed by atoms with Crippen LogP contribution in [0.2, 0.25) is 0 Å². The predicted octanol–water partition coefficient (Wildman–Crippen LogP) is 3.40. The van der Waals surface area contributed by atoms with Crippen molar-refractivity contribution >= 4 is 33.1 Å². The Morgan fingerprint density at radius 3 is 2.74 bits per heavy atom. The van der Waals surface area contributed by atoms with Gasteiger partial charge in [0.1, 0.15) is 10.4 Å². The van der Waals surface area contributed by atoms with Crippen LogP contribution in [0.1, 0.15) is 0 Å². The molecule has 0 bridgehead atoms. The minimum Gasteiger partial charge on any atom is -0.326 e. The molecule has 0 radical (unpaired) electrons. The summed E-state index contributed by atoms with van der Waals surface area (Å²) in [5, 5.41) is 0. The van der Waals surface area contributed by atoms with Crippen LogP contribution >= 0.6 is 15.9 Å². The molecule has 0 unspecified atom stereocenters. The molecule has 0 amide bonds. The number of imidazole rings is 1. The zero-order chi connectivity index (χ0) is 13.4. The first-order valence-electron chi connectivity index (χ1n) is 5.63. The third kappa shape index (κ3) is 2.19. The Kier molecular flexibility index (Phi) is 2.94. The number of benzene rings is 1. The Bertz CT molecular complexity index is 723. The maximum Gasteiger partial charge on any atom is 0.180 e. The maximum atomic E-state index is 13.0. The molecule has 0 N–H and O–H groups in total. The fourth-order valence-electron chi connectivity index (χ4n) is 1.90. The Morgan fingerprint density at radius 1 is 1.26 bits per heavy atom. The van der Waals surface area contributed by atoms with Gasteiger partial charge in [-0.15, -0.1) is 0 Å². The maximum absolute atomic E-state index is 13.0. The highest BCUT2D eigenvalue weighted by atomic mass is 79.9. The number of anilines is 2. The van der Waals surface area contributed by atoms with E-state index in [1.165, 1.54) is 12.1 Å². The molecule has 0 aliphatic heterocycles. The number of halogens is 2. The standard InChI is InChI=1S/C13H10BrFN4/c1-18(10-4-2-9(15)3-5-10)13-12-16-6-7-19(12)8-11(14)17-13/h2-8H,1H3. The highest BCUT2D eigenvalue weighted by Crippen LogP contribution is 2.26. The summed E-state index contributed by atoms with van der Waals surface area (Å²) in [7, 11) is 1.87. The smallest absolute Gasteiger partial charge is 0.180 e. The summed E-state index contributed by atoms with van der Waals surface area (Å²) in [5.41, 5.74) is 1.59. The first-order valence-corrected chi connectivity index (χ1v) is 6.43. The van der Waals surface area contributed by atoms with Crippen LogP contribution in [0.5, 0.6) is 0 Å². The number of nitrogens with zero attached hydrogens (tertiary/aromatic N) is 4. The van der Waals surface area contributed by atoms with Crippen molar-refractivity contribution in [1.82, 2.24) is 14.4 Å². The molecule has 6 heteroatoms. The molecule has 0 saturated carbocycles. The minimum atomic E-state index is -0.259. The Hall–Kier alpha value is -1.95. The van der Waals surface area contributed by atoms with Crippen LogP contribution in [0.4, 0.5) is 15.9 Å². The molecule has 19 heavy (non-hydrogen) atoms. The minimum absolute atomic E-state index is 0.259. The van der Waals surface area contributed by atoms with Crippen molar-refractivity contribution in [2.24, 2.45) is 0 Å². The van der Waals surface area contributed by atoms with E-state index >= 15 is 0 Å². The van der Waals surface area contributed by atoms with Gasteiger partial charge in [0.2, 0.25) is 0 Å². The first-order chi connectivity index (χ1) is 9.15. The summed E-state index contributed by atoms with van der Waals surface area (Å²) in [6, 6.07) is 6.26. The molecule has 4 nitrogen and oxygen atoms in total. The lowest BCUT2D eigenvalue weighted by molar-refractivity contribution is 0.628. The van der Waals surface area contributed by atoms with E-state index in [4.69, 9.17) is 0 Å². The van der Waals surface area contributed by atoms with Crippen LogP contribution in [0.25, 0.3) is 5.65 Å². The van der Waals surface area contributed by atoms with E-state index in [-0.39, 0.29) is 5.82 Å². The normalized spacial score (nSPS) is 10.9. The van der Waals surface area contributed by atoms with Crippen molar-refractivity contribution < 1.29 is 4.39 Å². The molecule has 1 aromatic carbocycles. The molecule has 0 atom stereocenters. The average Bonchev–Trinajstić information content (AvgIpc) is 2.85. The molecule has 3 rings (SSSR count). The lowest BCUT2D eigenvalue weighted by Crippen LogP contribution is -2.13. The van der Waals surface area contributed by atoms with Crippen LogP contribution in [0, 0.1) is 5.82 Å². The number of hydrogen-bond donors (Lipinski definition) is 0. The van der Waals surface area contributed by atoms with Gasteiger partial charge in [-0.1, -0.05) is 0 Å². The molecule has 2 aromatic heterocycles. The lowest BCUT2D eigenvalue weighted by atomic mass is 10.3. The molecule has 0 saturated heterocycles. The van der Waals surface area contributed by atoms with Gasteiger partial charge in [-0.3, -0.25) is 0 Å². The van der Waals surface area contributed by atoms with Crippen molar-refractivity contribution in [1.29, 1.82) is 0 Å². The van der Waals surface area contributed by atoms with E-state index in [1.54, 1.807) is 18.3 Å². The second-order valence-electron chi connectivity index (χ2n) is 4.08. The quantitative estimate of drug-likeness (QED) is 0.725. The van der Waals surface area contributed by atoms with Crippen molar-refractivity contribution in [2.75, 3.05) is 11.9 Å². The number of aromatic nitrogens is 3. The van der Waals surface area contributed by atoms with Gasteiger partial charge in [-0.2, -0.15) is 0 Å². The molecule has 0 aliphatic rings. The molecule has 2 heterocycles. The molecule has 0 aliphatic carbocycles. The van der Waals surface area contributed by atoms with E-state index in [9.17, 15) is 4.39 Å². The number of hydrogen-bond acceptors (Lipinski definition) is 3.